The van der Waals surface area contributed by atoms with Crippen molar-refractivity contribution in [3.8, 4) is 0 Å². The van der Waals surface area contributed by atoms with Gasteiger partial charge in [-0.25, -0.2) is 0 Å². The number of nitrogens with zero attached hydrogens (tertiary/aromatic N) is 1. The Morgan fingerprint density at radius 1 is 1.30 bits per heavy atom. The summed E-state index contributed by atoms with van der Waals surface area (Å²) in [4.78, 5) is 14.5. The third-order valence-corrected chi connectivity index (χ3v) is 3.82. The maximum absolute atomic E-state index is 12.5. The standard InChI is InChI=1S/C17H25NO2/c1-14(2)18(13-15-8-4-3-5-9-15)17(19)12-16-10-6-7-11-20-16/h3-5,8-9,14,16H,6-7,10-13H2,1-2H3. The van der Waals surface area contributed by atoms with Gasteiger partial charge in [-0.05, 0) is 38.7 Å². The molecule has 0 saturated carbocycles. The smallest absolute Gasteiger partial charge is 0.225 e. The molecular weight excluding hydrogens is 250 g/mol. The number of hydrogen-bond donors (Lipinski definition) is 0. The highest BCUT2D eigenvalue weighted by Crippen LogP contribution is 2.18. The first-order valence-electron chi connectivity index (χ1n) is 7.62. The molecule has 1 aliphatic heterocycles. The summed E-state index contributed by atoms with van der Waals surface area (Å²) in [5.74, 6) is 0.204. The highest BCUT2D eigenvalue weighted by molar-refractivity contribution is 5.77. The molecule has 3 nitrogen and oxygen atoms in total. The normalized spacial score (nSPS) is 19.1. The van der Waals surface area contributed by atoms with Gasteiger partial charge in [-0.1, -0.05) is 30.3 Å². The summed E-state index contributed by atoms with van der Waals surface area (Å²) in [6, 6.07) is 10.4. The van der Waals surface area contributed by atoms with Gasteiger partial charge in [0.05, 0.1) is 12.5 Å². The summed E-state index contributed by atoms with van der Waals surface area (Å²) in [7, 11) is 0. The van der Waals surface area contributed by atoms with Crippen molar-refractivity contribution >= 4 is 5.91 Å². The van der Waals surface area contributed by atoms with E-state index in [9.17, 15) is 4.79 Å². The van der Waals surface area contributed by atoms with Crippen LogP contribution in [0.25, 0.3) is 0 Å². The van der Waals surface area contributed by atoms with Gasteiger partial charge >= 0.3 is 0 Å². The van der Waals surface area contributed by atoms with E-state index in [4.69, 9.17) is 4.74 Å². The molecule has 0 aliphatic carbocycles. The zero-order valence-corrected chi connectivity index (χ0v) is 12.5. The number of carbonyl (C=O) groups is 1. The van der Waals surface area contributed by atoms with Gasteiger partial charge in [-0.2, -0.15) is 0 Å². The summed E-state index contributed by atoms with van der Waals surface area (Å²) < 4.78 is 5.68. The van der Waals surface area contributed by atoms with Gasteiger partial charge in [0.15, 0.2) is 0 Å². The summed E-state index contributed by atoms with van der Waals surface area (Å²) >= 11 is 0. The van der Waals surface area contributed by atoms with Crippen LogP contribution in [-0.4, -0.2) is 29.6 Å². The number of rotatable bonds is 5. The Balaban J connectivity index is 1.95. The van der Waals surface area contributed by atoms with Crippen LogP contribution in [0, 0.1) is 0 Å². The van der Waals surface area contributed by atoms with E-state index in [1.165, 1.54) is 12.0 Å². The van der Waals surface area contributed by atoms with Crippen molar-refractivity contribution in [2.24, 2.45) is 0 Å². The van der Waals surface area contributed by atoms with E-state index in [0.29, 0.717) is 13.0 Å². The molecule has 2 rings (SSSR count). The lowest BCUT2D eigenvalue weighted by atomic mass is 10.0. The molecule has 1 fully saturated rings. The van der Waals surface area contributed by atoms with Crippen molar-refractivity contribution in [2.75, 3.05) is 6.61 Å². The Hall–Kier alpha value is -1.35. The molecule has 3 heteroatoms. The van der Waals surface area contributed by atoms with Crippen LogP contribution in [0.4, 0.5) is 0 Å². The molecule has 1 heterocycles. The van der Waals surface area contributed by atoms with Crippen molar-refractivity contribution < 1.29 is 9.53 Å². The van der Waals surface area contributed by atoms with Crippen molar-refractivity contribution in [3.63, 3.8) is 0 Å². The van der Waals surface area contributed by atoms with Crippen LogP contribution in [0.1, 0.15) is 45.1 Å². The highest BCUT2D eigenvalue weighted by atomic mass is 16.5. The predicted molar refractivity (Wildman–Crippen MR) is 80.3 cm³/mol. The molecule has 1 amide bonds. The van der Waals surface area contributed by atoms with E-state index >= 15 is 0 Å². The first kappa shape index (κ1) is 15.0. The summed E-state index contributed by atoms with van der Waals surface area (Å²) in [5, 5.41) is 0. The molecule has 1 aromatic carbocycles. The van der Waals surface area contributed by atoms with E-state index in [2.05, 4.69) is 26.0 Å². The Kier molecular flexibility index (Phi) is 5.60. The van der Waals surface area contributed by atoms with E-state index < -0.39 is 0 Å². The second-order valence-electron chi connectivity index (χ2n) is 5.79. The monoisotopic (exact) mass is 275 g/mol. The lowest BCUT2D eigenvalue weighted by Crippen LogP contribution is -2.39. The van der Waals surface area contributed by atoms with Crippen LogP contribution in [-0.2, 0) is 16.1 Å². The maximum atomic E-state index is 12.5. The predicted octanol–water partition coefficient (Wildman–Crippen LogP) is 3.38. The molecule has 0 aromatic heterocycles. The molecule has 20 heavy (non-hydrogen) atoms. The first-order valence-corrected chi connectivity index (χ1v) is 7.62. The highest BCUT2D eigenvalue weighted by Gasteiger charge is 2.23. The van der Waals surface area contributed by atoms with Crippen LogP contribution in [0.2, 0.25) is 0 Å². The minimum atomic E-state index is 0.119. The fourth-order valence-corrected chi connectivity index (χ4v) is 2.62. The van der Waals surface area contributed by atoms with Crippen LogP contribution in [0.3, 0.4) is 0 Å². The molecular formula is C17H25NO2. The number of amides is 1. The van der Waals surface area contributed by atoms with Gasteiger partial charge in [0.25, 0.3) is 0 Å². The molecule has 0 bridgehead atoms. The minimum absolute atomic E-state index is 0.119. The molecule has 0 N–H and O–H groups in total. The summed E-state index contributed by atoms with van der Waals surface area (Å²) in [5.41, 5.74) is 1.18. The fraction of sp³-hybridized carbons (Fsp3) is 0.588. The number of hydrogen-bond acceptors (Lipinski definition) is 2. The molecule has 1 unspecified atom stereocenters. The third-order valence-electron chi connectivity index (χ3n) is 3.82. The maximum Gasteiger partial charge on any atom is 0.225 e. The largest absolute Gasteiger partial charge is 0.378 e. The Morgan fingerprint density at radius 2 is 2.05 bits per heavy atom. The average molecular weight is 275 g/mol. The molecule has 1 atom stereocenters. The Labute approximate surface area is 121 Å². The SMILES string of the molecule is CC(C)N(Cc1ccccc1)C(=O)CC1CCCCO1. The average Bonchev–Trinajstić information content (AvgIpc) is 2.46. The summed E-state index contributed by atoms with van der Waals surface area (Å²) in [6.45, 7) is 5.63. The van der Waals surface area contributed by atoms with Gasteiger partial charge in [-0.15, -0.1) is 0 Å². The van der Waals surface area contributed by atoms with Gasteiger partial charge in [0.2, 0.25) is 5.91 Å². The first-order chi connectivity index (χ1) is 9.66. The third kappa shape index (κ3) is 4.34. The summed E-state index contributed by atoms with van der Waals surface area (Å²) in [6.07, 6.45) is 3.96. The lowest BCUT2D eigenvalue weighted by molar-refractivity contribution is -0.137. The molecule has 0 radical (unpaired) electrons. The van der Waals surface area contributed by atoms with Crippen molar-refractivity contribution in [1.82, 2.24) is 4.90 Å². The molecule has 1 aliphatic rings. The number of carbonyl (C=O) groups excluding carboxylic acids is 1. The van der Waals surface area contributed by atoms with Gasteiger partial charge in [0.1, 0.15) is 0 Å². The van der Waals surface area contributed by atoms with E-state index in [1.807, 2.05) is 23.1 Å². The van der Waals surface area contributed by atoms with Gasteiger partial charge < -0.3 is 9.64 Å². The van der Waals surface area contributed by atoms with E-state index in [0.717, 1.165) is 19.4 Å². The lowest BCUT2D eigenvalue weighted by Gasteiger charge is -2.30. The van der Waals surface area contributed by atoms with Crippen molar-refractivity contribution in [1.29, 1.82) is 0 Å². The van der Waals surface area contributed by atoms with Crippen LogP contribution < -0.4 is 0 Å². The fourth-order valence-electron chi connectivity index (χ4n) is 2.62. The molecule has 1 aromatic rings. The quantitative estimate of drug-likeness (QED) is 0.824. The van der Waals surface area contributed by atoms with Crippen molar-refractivity contribution in [2.45, 2.75) is 58.2 Å². The minimum Gasteiger partial charge on any atom is -0.378 e. The molecule has 0 spiro atoms. The van der Waals surface area contributed by atoms with Gasteiger partial charge in [-0.3, -0.25) is 4.79 Å². The second-order valence-corrected chi connectivity index (χ2v) is 5.79. The zero-order chi connectivity index (χ0) is 14.4. The number of ether oxygens (including phenoxy) is 1. The molecule has 110 valence electrons. The zero-order valence-electron chi connectivity index (χ0n) is 12.5. The van der Waals surface area contributed by atoms with Crippen LogP contribution in [0.15, 0.2) is 30.3 Å². The van der Waals surface area contributed by atoms with Crippen LogP contribution >= 0.6 is 0 Å². The van der Waals surface area contributed by atoms with Crippen LogP contribution in [0.5, 0.6) is 0 Å². The van der Waals surface area contributed by atoms with Crippen molar-refractivity contribution in [3.05, 3.63) is 35.9 Å². The Morgan fingerprint density at radius 3 is 2.65 bits per heavy atom. The molecule has 1 saturated heterocycles. The van der Waals surface area contributed by atoms with Gasteiger partial charge in [0, 0.05) is 19.2 Å². The second kappa shape index (κ2) is 7.44. The van der Waals surface area contributed by atoms with E-state index in [-0.39, 0.29) is 18.1 Å². The topological polar surface area (TPSA) is 29.5 Å². The number of benzene rings is 1. The van der Waals surface area contributed by atoms with E-state index in [1.54, 1.807) is 0 Å². The Bertz CT molecular complexity index is 410.